The molecule has 25 heavy (non-hydrogen) atoms. The first-order valence-electron chi connectivity index (χ1n) is 7.35. The van der Waals surface area contributed by atoms with Crippen molar-refractivity contribution in [3.63, 3.8) is 0 Å². The van der Waals surface area contributed by atoms with Gasteiger partial charge in [-0.15, -0.1) is 0 Å². The van der Waals surface area contributed by atoms with E-state index in [0.717, 1.165) is 5.69 Å². The molecule has 0 unspecified atom stereocenters. The average molecular weight is 359 g/mol. The van der Waals surface area contributed by atoms with Crippen molar-refractivity contribution in [3.05, 3.63) is 59.1 Å². The van der Waals surface area contributed by atoms with E-state index in [9.17, 15) is 4.79 Å². The van der Waals surface area contributed by atoms with Crippen LogP contribution in [0, 0.1) is 6.92 Å². The number of ether oxygens (including phenoxy) is 1. The molecule has 7 nitrogen and oxygen atoms in total. The topological polar surface area (TPSA) is 89.3 Å². The van der Waals surface area contributed by atoms with Crippen molar-refractivity contribution in [2.24, 2.45) is 0 Å². The van der Waals surface area contributed by atoms with Gasteiger partial charge in [-0.2, -0.15) is 0 Å². The SMILES string of the molecule is COc1ccc(Nc2cncc(C(=O)Nc3cc(C)on3)c2)cc1Cl. The first kappa shape index (κ1) is 16.8. The summed E-state index contributed by atoms with van der Waals surface area (Å²) >= 11 is 6.11. The van der Waals surface area contributed by atoms with Gasteiger partial charge < -0.3 is 19.9 Å². The Bertz CT molecular complexity index is 910. The lowest BCUT2D eigenvalue weighted by molar-refractivity contribution is 0.102. The lowest BCUT2D eigenvalue weighted by Gasteiger charge is -2.09. The summed E-state index contributed by atoms with van der Waals surface area (Å²) in [4.78, 5) is 16.3. The minimum atomic E-state index is -0.336. The summed E-state index contributed by atoms with van der Waals surface area (Å²) in [6.45, 7) is 1.74. The largest absolute Gasteiger partial charge is 0.495 e. The number of aromatic nitrogens is 2. The number of carbonyl (C=O) groups excluding carboxylic acids is 1. The maximum atomic E-state index is 12.3. The summed E-state index contributed by atoms with van der Waals surface area (Å²) in [5.74, 6) is 1.21. The molecule has 0 saturated carbocycles. The molecular formula is C17H15ClN4O3. The molecule has 0 fully saturated rings. The molecule has 8 heteroatoms. The fourth-order valence-corrected chi connectivity index (χ4v) is 2.41. The van der Waals surface area contributed by atoms with Gasteiger partial charge in [-0.3, -0.25) is 9.78 Å². The van der Waals surface area contributed by atoms with Crippen LogP contribution in [0.1, 0.15) is 16.1 Å². The fourth-order valence-electron chi connectivity index (χ4n) is 2.16. The van der Waals surface area contributed by atoms with Crippen LogP contribution >= 0.6 is 11.6 Å². The quantitative estimate of drug-likeness (QED) is 0.715. The molecule has 0 atom stereocenters. The van der Waals surface area contributed by atoms with E-state index >= 15 is 0 Å². The number of hydrogen-bond acceptors (Lipinski definition) is 6. The van der Waals surface area contributed by atoms with Crippen LogP contribution in [0.3, 0.4) is 0 Å². The number of aryl methyl sites for hydroxylation is 1. The smallest absolute Gasteiger partial charge is 0.258 e. The minimum Gasteiger partial charge on any atom is -0.495 e. The third-order valence-corrected chi connectivity index (χ3v) is 3.61. The predicted octanol–water partition coefficient (Wildman–Crippen LogP) is 4.04. The molecule has 1 aromatic carbocycles. The van der Waals surface area contributed by atoms with E-state index in [0.29, 0.717) is 33.6 Å². The number of nitrogens with zero attached hydrogens (tertiary/aromatic N) is 2. The van der Waals surface area contributed by atoms with Crippen molar-refractivity contribution in [3.8, 4) is 5.75 Å². The summed E-state index contributed by atoms with van der Waals surface area (Å²) in [6.07, 6.45) is 3.07. The molecule has 3 rings (SSSR count). The number of amides is 1. The molecular weight excluding hydrogens is 344 g/mol. The maximum Gasteiger partial charge on any atom is 0.258 e. The number of halogens is 1. The van der Waals surface area contributed by atoms with Crippen molar-refractivity contribution in [1.82, 2.24) is 10.1 Å². The molecule has 0 aliphatic heterocycles. The summed E-state index contributed by atoms with van der Waals surface area (Å²) in [5, 5.41) is 10.00. The van der Waals surface area contributed by atoms with E-state index < -0.39 is 0 Å². The first-order valence-corrected chi connectivity index (χ1v) is 7.73. The van der Waals surface area contributed by atoms with Crippen LogP contribution in [0.5, 0.6) is 5.75 Å². The van der Waals surface area contributed by atoms with Crippen LogP contribution in [0.2, 0.25) is 5.02 Å². The normalized spacial score (nSPS) is 10.4. The van der Waals surface area contributed by atoms with Crippen molar-refractivity contribution in [1.29, 1.82) is 0 Å². The Balaban J connectivity index is 1.74. The monoisotopic (exact) mass is 358 g/mol. The van der Waals surface area contributed by atoms with E-state index in [2.05, 4.69) is 20.8 Å². The van der Waals surface area contributed by atoms with E-state index in [4.69, 9.17) is 20.9 Å². The van der Waals surface area contributed by atoms with E-state index in [-0.39, 0.29) is 5.91 Å². The number of methoxy groups -OCH3 is 1. The zero-order valence-corrected chi connectivity index (χ0v) is 14.3. The van der Waals surface area contributed by atoms with Gasteiger partial charge in [0, 0.05) is 18.0 Å². The third kappa shape index (κ3) is 4.07. The van der Waals surface area contributed by atoms with Crippen LogP contribution in [-0.2, 0) is 0 Å². The van der Waals surface area contributed by atoms with Gasteiger partial charge in [0.1, 0.15) is 11.5 Å². The Kier molecular flexibility index (Phi) is 4.85. The first-order chi connectivity index (χ1) is 12.0. The highest BCUT2D eigenvalue weighted by molar-refractivity contribution is 6.32. The predicted molar refractivity (Wildman–Crippen MR) is 94.7 cm³/mol. The van der Waals surface area contributed by atoms with Crippen molar-refractivity contribution >= 4 is 34.7 Å². The number of benzene rings is 1. The minimum absolute atomic E-state index is 0.336. The van der Waals surface area contributed by atoms with Gasteiger partial charge in [0.15, 0.2) is 5.82 Å². The Morgan fingerprint density at radius 2 is 2.04 bits per heavy atom. The number of pyridine rings is 1. The second-order valence-corrected chi connectivity index (χ2v) is 5.62. The van der Waals surface area contributed by atoms with E-state index in [1.165, 1.54) is 6.20 Å². The second kappa shape index (κ2) is 7.23. The standard InChI is InChI=1S/C17H15ClN4O3/c1-10-5-16(22-25-10)21-17(23)11-6-13(9-19-8-11)20-12-3-4-15(24-2)14(18)7-12/h3-9,20H,1-2H3,(H,21,22,23). The molecule has 3 aromatic rings. The molecule has 0 bridgehead atoms. The highest BCUT2D eigenvalue weighted by Gasteiger charge is 2.10. The van der Waals surface area contributed by atoms with Crippen LogP contribution in [0.25, 0.3) is 0 Å². The number of anilines is 3. The van der Waals surface area contributed by atoms with Gasteiger partial charge in [-0.05, 0) is 31.2 Å². The van der Waals surface area contributed by atoms with Gasteiger partial charge in [0.25, 0.3) is 5.91 Å². The van der Waals surface area contributed by atoms with Gasteiger partial charge in [0.05, 0.1) is 29.6 Å². The lowest BCUT2D eigenvalue weighted by Crippen LogP contribution is -2.12. The molecule has 1 amide bonds. The van der Waals surface area contributed by atoms with Crippen LogP contribution in [0.15, 0.2) is 47.2 Å². The summed E-state index contributed by atoms with van der Waals surface area (Å²) < 4.78 is 10.0. The number of hydrogen-bond donors (Lipinski definition) is 2. The highest BCUT2D eigenvalue weighted by Crippen LogP contribution is 2.28. The molecule has 0 radical (unpaired) electrons. The highest BCUT2D eigenvalue weighted by atomic mass is 35.5. The molecule has 128 valence electrons. The van der Waals surface area contributed by atoms with E-state index in [1.807, 2.05) is 6.07 Å². The Morgan fingerprint density at radius 3 is 2.72 bits per heavy atom. The zero-order valence-electron chi connectivity index (χ0n) is 13.5. The average Bonchev–Trinajstić information content (AvgIpc) is 3.00. The Hall–Kier alpha value is -3.06. The molecule has 2 aromatic heterocycles. The molecule has 0 aliphatic carbocycles. The summed E-state index contributed by atoms with van der Waals surface area (Å²) in [6, 6.07) is 8.60. The van der Waals surface area contributed by atoms with Gasteiger partial charge in [-0.25, -0.2) is 0 Å². The van der Waals surface area contributed by atoms with Crippen molar-refractivity contribution in [2.45, 2.75) is 6.92 Å². The van der Waals surface area contributed by atoms with Crippen LogP contribution in [0.4, 0.5) is 17.2 Å². The van der Waals surface area contributed by atoms with Crippen molar-refractivity contribution < 1.29 is 14.1 Å². The second-order valence-electron chi connectivity index (χ2n) is 5.21. The summed E-state index contributed by atoms with van der Waals surface area (Å²) in [5.41, 5.74) is 1.77. The van der Waals surface area contributed by atoms with Gasteiger partial charge in [-0.1, -0.05) is 16.8 Å². The maximum absolute atomic E-state index is 12.3. The third-order valence-electron chi connectivity index (χ3n) is 3.31. The number of rotatable bonds is 5. The van der Waals surface area contributed by atoms with E-state index in [1.54, 1.807) is 44.5 Å². The molecule has 2 N–H and O–H groups in total. The van der Waals surface area contributed by atoms with Crippen LogP contribution < -0.4 is 15.4 Å². The molecule has 0 saturated heterocycles. The molecule has 0 aliphatic rings. The van der Waals surface area contributed by atoms with Gasteiger partial charge >= 0.3 is 0 Å². The van der Waals surface area contributed by atoms with Crippen molar-refractivity contribution in [2.75, 3.05) is 17.7 Å². The zero-order chi connectivity index (χ0) is 17.8. The Morgan fingerprint density at radius 1 is 1.20 bits per heavy atom. The Labute approximate surface area is 149 Å². The number of carbonyl (C=O) groups is 1. The fraction of sp³-hybridized carbons (Fsp3) is 0.118. The van der Waals surface area contributed by atoms with Gasteiger partial charge in [0.2, 0.25) is 0 Å². The number of nitrogens with one attached hydrogen (secondary N) is 2. The molecule has 2 heterocycles. The summed E-state index contributed by atoms with van der Waals surface area (Å²) in [7, 11) is 1.55. The van der Waals surface area contributed by atoms with Crippen LogP contribution in [-0.4, -0.2) is 23.2 Å². The molecule has 0 spiro atoms. The lowest BCUT2D eigenvalue weighted by atomic mass is 10.2.